The molecular weight excluding hydrogens is 580 g/mol. The Morgan fingerprint density at radius 2 is 1.00 bits per heavy atom. The summed E-state index contributed by atoms with van der Waals surface area (Å²) in [6.07, 6.45) is -1.39. The van der Waals surface area contributed by atoms with Crippen LogP contribution in [0.25, 0.3) is 22.3 Å². The normalized spacial score (nSPS) is 22.7. The van der Waals surface area contributed by atoms with Crippen LogP contribution in [-0.2, 0) is 14.9 Å². The fourth-order valence-electron chi connectivity index (χ4n) is 8.49. The van der Waals surface area contributed by atoms with E-state index in [1.165, 1.54) is 11.1 Å². The van der Waals surface area contributed by atoms with E-state index in [4.69, 9.17) is 9.47 Å². The van der Waals surface area contributed by atoms with Crippen LogP contribution in [0.5, 0.6) is 0 Å². The van der Waals surface area contributed by atoms with Crippen molar-refractivity contribution in [2.75, 3.05) is 0 Å². The van der Waals surface area contributed by atoms with Gasteiger partial charge in [-0.2, -0.15) is 0 Å². The number of carbonyl (C=O) groups is 2. The highest BCUT2D eigenvalue weighted by Gasteiger charge is 2.76. The molecule has 0 N–H and O–H groups in total. The van der Waals surface area contributed by atoms with Crippen LogP contribution in [0.3, 0.4) is 0 Å². The predicted molar refractivity (Wildman–Crippen MR) is 181 cm³/mol. The number of carbonyl (C=O) groups excluding carboxylic acids is 2. The molecule has 1 fully saturated rings. The molecule has 3 aliphatic rings. The highest BCUT2D eigenvalue weighted by molar-refractivity contribution is 5.92. The summed E-state index contributed by atoms with van der Waals surface area (Å²) in [6.45, 7) is 0. The molecule has 9 rings (SSSR count). The van der Waals surface area contributed by atoms with Crippen LogP contribution in [0, 0.1) is 0 Å². The lowest BCUT2D eigenvalue weighted by Gasteiger charge is -2.59. The van der Waals surface area contributed by atoms with Gasteiger partial charge in [-0.3, -0.25) is 0 Å². The molecule has 3 unspecified atom stereocenters. The number of hydrogen-bond donors (Lipinski definition) is 0. The standard InChI is InChI=1S/C43H30O4/c44-41(29-18-9-3-10-19-29)46-39-37-33-25-24-31(27-14-5-1-6-15-27)26-35(33)43(37)34-23-13-22-32(28-16-7-2-8-17-28)36(34)38(43)40(39)47-42(45)30-20-11-4-12-21-30/h1-26,37-40H/t37-,38?,39?,40?,43-/m0/s1. The van der Waals surface area contributed by atoms with E-state index in [2.05, 4.69) is 72.8 Å². The van der Waals surface area contributed by atoms with Crippen LogP contribution in [0.15, 0.2) is 158 Å². The van der Waals surface area contributed by atoms with Gasteiger partial charge in [-0.25, -0.2) is 9.59 Å². The van der Waals surface area contributed by atoms with Crippen LogP contribution in [-0.4, -0.2) is 24.1 Å². The van der Waals surface area contributed by atoms with Crippen LogP contribution < -0.4 is 0 Å². The molecule has 0 heterocycles. The van der Waals surface area contributed by atoms with Crippen LogP contribution in [0.4, 0.5) is 0 Å². The minimum absolute atomic E-state index is 0.174. The van der Waals surface area contributed by atoms with E-state index in [-0.39, 0.29) is 11.8 Å². The second kappa shape index (κ2) is 10.7. The van der Waals surface area contributed by atoms with Crippen molar-refractivity contribution < 1.29 is 19.1 Å². The van der Waals surface area contributed by atoms with Crippen molar-refractivity contribution in [3.8, 4) is 22.3 Å². The van der Waals surface area contributed by atoms with Crippen LogP contribution >= 0.6 is 0 Å². The molecule has 0 amide bonds. The molecule has 1 spiro atoms. The van der Waals surface area contributed by atoms with Gasteiger partial charge in [0.05, 0.1) is 11.1 Å². The molecule has 6 aromatic rings. The molecule has 6 aromatic carbocycles. The third-order valence-electron chi connectivity index (χ3n) is 10.4. The predicted octanol–water partition coefficient (Wildman–Crippen LogP) is 8.97. The fourth-order valence-corrected chi connectivity index (χ4v) is 8.49. The minimum atomic E-state index is -0.703. The second-order valence-electron chi connectivity index (χ2n) is 12.6. The maximum atomic E-state index is 13.8. The zero-order valence-corrected chi connectivity index (χ0v) is 25.5. The van der Waals surface area contributed by atoms with Gasteiger partial charge in [0, 0.05) is 17.3 Å². The van der Waals surface area contributed by atoms with Gasteiger partial charge < -0.3 is 9.47 Å². The van der Waals surface area contributed by atoms with Gasteiger partial charge in [0.15, 0.2) is 0 Å². The number of fused-ring (bicyclic) bond motifs is 4. The fraction of sp³-hybridized carbons (Fsp3) is 0.116. The quantitative estimate of drug-likeness (QED) is 0.177. The van der Waals surface area contributed by atoms with Gasteiger partial charge in [-0.05, 0) is 74.8 Å². The first-order valence-electron chi connectivity index (χ1n) is 16.1. The molecule has 0 bridgehead atoms. The Balaban J connectivity index is 1.24. The molecule has 47 heavy (non-hydrogen) atoms. The zero-order chi connectivity index (χ0) is 31.5. The van der Waals surface area contributed by atoms with E-state index >= 15 is 0 Å². The molecule has 0 aliphatic heterocycles. The van der Waals surface area contributed by atoms with Crippen molar-refractivity contribution in [2.45, 2.75) is 29.5 Å². The SMILES string of the molecule is O=C(OC1C(OC(=O)c2ccccc2)[C@@H]2c3ccc(-c4ccccc4)cc3[C@@]23c2cccc(-c4ccccc4)c2C13)c1ccccc1. The molecule has 0 aromatic heterocycles. The summed E-state index contributed by atoms with van der Waals surface area (Å²) in [4.78, 5) is 27.6. The first-order valence-corrected chi connectivity index (χ1v) is 16.1. The lowest BCUT2D eigenvalue weighted by Crippen LogP contribution is -2.54. The Labute approximate surface area is 273 Å². The van der Waals surface area contributed by atoms with Gasteiger partial charge in [0.2, 0.25) is 0 Å². The van der Waals surface area contributed by atoms with Crippen LogP contribution in [0.1, 0.15) is 54.8 Å². The lowest BCUT2D eigenvalue weighted by molar-refractivity contribution is -0.0317. The van der Waals surface area contributed by atoms with Gasteiger partial charge in [0.1, 0.15) is 12.2 Å². The Hall–Kier alpha value is -5.74. The van der Waals surface area contributed by atoms with E-state index in [9.17, 15) is 9.59 Å². The molecule has 5 atom stereocenters. The number of rotatable bonds is 6. The van der Waals surface area contributed by atoms with Crippen molar-refractivity contribution in [2.24, 2.45) is 0 Å². The third-order valence-corrected chi connectivity index (χ3v) is 10.4. The van der Waals surface area contributed by atoms with E-state index in [1.54, 1.807) is 24.3 Å². The molecule has 3 aliphatic carbocycles. The number of hydrogen-bond acceptors (Lipinski definition) is 4. The third kappa shape index (κ3) is 4.01. The monoisotopic (exact) mass is 610 g/mol. The summed E-state index contributed by atoms with van der Waals surface area (Å²) in [5.74, 6) is -1.23. The first-order chi connectivity index (χ1) is 23.2. The largest absolute Gasteiger partial charge is 0.454 e. The molecule has 0 radical (unpaired) electrons. The summed E-state index contributed by atoms with van der Waals surface area (Å²) < 4.78 is 13.0. The molecule has 226 valence electrons. The van der Waals surface area contributed by atoms with Gasteiger partial charge in [-0.15, -0.1) is 0 Å². The smallest absolute Gasteiger partial charge is 0.338 e. The number of esters is 2. The lowest BCUT2D eigenvalue weighted by atomic mass is 9.43. The molecular formula is C43H30O4. The Morgan fingerprint density at radius 3 is 1.60 bits per heavy atom. The average Bonchev–Trinajstić information content (AvgIpc) is 3.31. The summed E-state index contributed by atoms with van der Waals surface area (Å²) in [5.41, 5.74) is 9.67. The minimum Gasteiger partial charge on any atom is -0.454 e. The topological polar surface area (TPSA) is 52.6 Å². The average molecular weight is 611 g/mol. The van der Waals surface area contributed by atoms with Crippen molar-refractivity contribution in [1.82, 2.24) is 0 Å². The van der Waals surface area contributed by atoms with Crippen molar-refractivity contribution in [3.63, 3.8) is 0 Å². The van der Waals surface area contributed by atoms with Gasteiger partial charge >= 0.3 is 11.9 Å². The Bertz CT molecular complexity index is 2140. The molecule has 4 heteroatoms. The highest BCUT2D eigenvalue weighted by Crippen LogP contribution is 2.77. The van der Waals surface area contributed by atoms with Gasteiger partial charge in [0.25, 0.3) is 0 Å². The van der Waals surface area contributed by atoms with Crippen LogP contribution in [0.2, 0.25) is 0 Å². The highest BCUT2D eigenvalue weighted by atomic mass is 16.6. The zero-order valence-electron chi connectivity index (χ0n) is 25.5. The first kappa shape index (κ1) is 27.6. The van der Waals surface area contributed by atoms with Crippen molar-refractivity contribution in [3.05, 3.63) is 191 Å². The Morgan fingerprint density at radius 1 is 0.468 bits per heavy atom. The number of benzene rings is 6. The van der Waals surface area contributed by atoms with E-state index in [0.717, 1.165) is 33.4 Å². The Kier molecular flexibility index (Phi) is 6.26. The van der Waals surface area contributed by atoms with Crippen molar-refractivity contribution in [1.29, 1.82) is 0 Å². The molecule has 0 saturated heterocycles. The maximum Gasteiger partial charge on any atom is 0.338 e. The van der Waals surface area contributed by atoms with E-state index in [1.807, 2.05) is 60.7 Å². The number of ether oxygens (including phenoxy) is 2. The molecule has 1 saturated carbocycles. The molecule has 4 nitrogen and oxygen atoms in total. The van der Waals surface area contributed by atoms with E-state index in [0.29, 0.717) is 11.1 Å². The van der Waals surface area contributed by atoms with Gasteiger partial charge in [-0.1, -0.05) is 127 Å². The summed E-state index contributed by atoms with van der Waals surface area (Å²) in [7, 11) is 0. The van der Waals surface area contributed by atoms with E-state index < -0.39 is 29.6 Å². The summed E-state index contributed by atoms with van der Waals surface area (Å²) in [6, 6.07) is 51.9. The summed E-state index contributed by atoms with van der Waals surface area (Å²) >= 11 is 0. The summed E-state index contributed by atoms with van der Waals surface area (Å²) in [5, 5.41) is 0. The van der Waals surface area contributed by atoms with Crippen molar-refractivity contribution >= 4 is 11.9 Å². The maximum absolute atomic E-state index is 13.8. The second-order valence-corrected chi connectivity index (χ2v) is 12.6.